The van der Waals surface area contributed by atoms with E-state index in [9.17, 15) is 0 Å². The number of hydrogen-bond acceptors (Lipinski definition) is 2. The van der Waals surface area contributed by atoms with Gasteiger partial charge in [0.2, 0.25) is 0 Å². The molecular weight excluding hydrogens is 232 g/mol. The lowest BCUT2D eigenvalue weighted by Crippen LogP contribution is -2.30. The second-order valence-electron chi connectivity index (χ2n) is 5.95. The molecule has 0 saturated heterocycles. The van der Waals surface area contributed by atoms with Crippen LogP contribution in [-0.2, 0) is 0 Å². The summed E-state index contributed by atoms with van der Waals surface area (Å²) in [6.45, 7) is 13.3. The van der Waals surface area contributed by atoms with E-state index in [2.05, 4.69) is 70.1 Å². The first kappa shape index (κ1) is 16.2. The lowest BCUT2D eigenvalue weighted by atomic mass is 10.0. The average molecular weight is 262 g/mol. The SMILES string of the molecule is Cc1ccc(C(C)NCCCN(C)C(C)C)cc1C. The number of hydrogen-bond donors (Lipinski definition) is 1. The quantitative estimate of drug-likeness (QED) is 0.754. The minimum Gasteiger partial charge on any atom is -0.310 e. The van der Waals surface area contributed by atoms with Crippen LogP contribution in [0.4, 0.5) is 0 Å². The maximum absolute atomic E-state index is 3.61. The van der Waals surface area contributed by atoms with Gasteiger partial charge in [0, 0.05) is 12.1 Å². The second kappa shape index (κ2) is 7.66. The third kappa shape index (κ3) is 5.33. The maximum Gasteiger partial charge on any atom is 0.0291 e. The summed E-state index contributed by atoms with van der Waals surface area (Å²) in [7, 11) is 2.19. The van der Waals surface area contributed by atoms with Crippen LogP contribution in [0.1, 0.15) is 49.9 Å². The molecule has 0 saturated carbocycles. The average Bonchev–Trinajstić information content (AvgIpc) is 2.37. The highest BCUT2D eigenvalue weighted by Crippen LogP contribution is 2.16. The highest BCUT2D eigenvalue weighted by atomic mass is 15.1. The van der Waals surface area contributed by atoms with Crippen LogP contribution in [0.15, 0.2) is 18.2 Å². The zero-order valence-corrected chi connectivity index (χ0v) is 13.5. The van der Waals surface area contributed by atoms with Gasteiger partial charge >= 0.3 is 0 Å². The smallest absolute Gasteiger partial charge is 0.0291 e. The van der Waals surface area contributed by atoms with Crippen molar-refractivity contribution in [2.75, 3.05) is 20.1 Å². The Morgan fingerprint density at radius 1 is 1.11 bits per heavy atom. The molecular formula is C17H30N2. The van der Waals surface area contributed by atoms with E-state index in [-0.39, 0.29) is 0 Å². The molecule has 2 heteroatoms. The van der Waals surface area contributed by atoms with Crippen molar-refractivity contribution in [3.63, 3.8) is 0 Å². The van der Waals surface area contributed by atoms with E-state index in [1.54, 1.807) is 0 Å². The van der Waals surface area contributed by atoms with E-state index in [0.29, 0.717) is 12.1 Å². The second-order valence-corrected chi connectivity index (χ2v) is 5.95. The molecule has 0 aromatic heterocycles. The molecule has 0 aliphatic rings. The molecule has 0 amide bonds. The van der Waals surface area contributed by atoms with Gasteiger partial charge in [0.15, 0.2) is 0 Å². The van der Waals surface area contributed by atoms with E-state index in [0.717, 1.165) is 13.1 Å². The van der Waals surface area contributed by atoms with Crippen LogP contribution in [0.3, 0.4) is 0 Å². The van der Waals surface area contributed by atoms with Gasteiger partial charge in [-0.15, -0.1) is 0 Å². The van der Waals surface area contributed by atoms with Crippen LogP contribution in [-0.4, -0.2) is 31.1 Å². The molecule has 1 N–H and O–H groups in total. The van der Waals surface area contributed by atoms with Gasteiger partial charge < -0.3 is 10.2 Å². The normalized spacial score (nSPS) is 13.3. The molecule has 0 aliphatic carbocycles. The van der Waals surface area contributed by atoms with E-state index >= 15 is 0 Å². The van der Waals surface area contributed by atoms with Gasteiger partial charge in [-0.3, -0.25) is 0 Å². The minimum absolute atomic E-state index is 0.434. The fourth-order valence-corrected chi connectivity index (χ4v) is 2.06. The van der Waals surface area contributed by atoms with Gasteiger partial charge in [0.25, 0.3) is 0 Å². The van der Waals surface area contributed by atoms with Crippen LogP contribution >= 0.6 is 0 Å². The van der Waals surface area contributed by atoms with Crippen LogP contribution in [0.5, 0.6) is 0 Å². The van der Waals surface area contributed by atoms with Crippen LogP contribution in [0, 0.1) is 13.8 Å². The standard InChI is InChI=1S/C17H30N2/c1-13(2)19(6)11-7-10-18-16(5)17-9-8-14(3)15(4)12-17/h8-9,12-13,16,18H,7,10-11H2,1-6H3. The molecule has 19 heavy (non-hydrogen) atoms. The Kier molecular flexibility index (Phi) is 6.53. The van der Waals surface area contributed by atoms with E-state index in [1.807, 2.05) is 0 Å². The van der Waals surface area contributed by atoms with Crippen molar-refractivity contribution >= 4 is 0 Å². The molecule has 0 aliphatic heterocycles. The van der Waals surface area contributed by atoms with Gasteiger partial charge in [-0.25, -0.2) is 0 Å². The highest BCUT2D eigenvalue weighted by Gasteiger charge is 2.06. The zero-order chi connectivity index (χ0) is 14.4. The first-order valence-corrected chi connectivity index (χ1v) is 7.42. The summed E-state index contributed by atoms with van der Waals surface area (Å²) in [5, 5.41) is 3.61. The number of nitrogens with one attached hydrogen (secondary N) is 1. The molecule has 1 unspecified atom stereocenters. The Labute approximate surface area is 119 Å². The minimum atomic E-state index is 0.434. The van der Waals surface area contributed by atoms with E-state index in [4.69, 9.17) is 0 Å². The topological polar surface area (TPSA) is 15.3 Å². The van der Waals surface area contributed by atoms with Crippen molar-refractivity contribution in [1.29, 1.82) is 0 Å². The summed E-state index contributed by atoms with van der Waals surface area (Å²) in [5.41, 5.74) is 4.14. The maximum atomic E-state index is 3.61. The van der Waals surface area contributed by atoms with Crippen molar-refractivity contribution in [2.45, 2.75) is 53.1 Å². The summed E-state index contributed by atoms with van der Waals surface area (Å²) in [6.07, 6.45) is 1.20. The predicted octanol–water partition coefficient (Wildman–Crippen LogP) is 3.68. The lowest BCUT2D eigenvalue weighted by Gasteiger charge is -2.21. The molecule has 1 aromatic rings. The van der Waals surface area contributed by atoms with Crippen molar-refractivity contribution in [3.05, 3.63) is 34.9 Å². The highest BCUT2D eigenvalue weighted by molar-refractivity contribution is 5.31. The van der Waals surface area contributed by atoms with Gasteiger partial charge in [0.1, 0.15) is 0 Å². The number of nitrogens with zero attached hydrogens (tertiary/aromatic N) is 1. The van der Waals surface area contributed by atoms with Crippen LogP contribution in [0.2, 0.25) is 0 Å². The Balaban J connectivity index is 2.35. The van der Waals surface area contributed by atoms with Crippen molar-refractivity contribution in [3.8, 4) is 0 Å². The summed E-state index contributed by atoms with van der Waals surface area (Å²) < 4.78 is 0. The molecule has 1 rings (SSSR count). The van der Waals surface area contributed by atoms with Crippen molar-refractivity contribution in [2.24, 2.45) is 0 Å². The third-order valence-corrected chi connectivity index (χ3v) is 4.05. The van der Waals surface area contributed by atoms with Crippen LogP contribution in [0.25, 0.3) is 0 Å². The lowest BCUT2D eigenvalue weighted by molar-refractivity contribution is 0.268. The zero-order valence-electron chi connectivity index (χ0n) is 13.5. The fourth-order valence-electron chi connectivity index (χ4n) is 2.06. The number of rotatable bonds is 7. The Morgan fingerprint density at radius 3 is 2.37 bits per heavy atom. The van der Waals surface area contributed by atoms with Gasteiger partial charge in [-0.1, -0.05) is 18.2 Å². The predicted molar refractivity (Wildman–Crippen MR) is 84.7 cm³/mol. The summed E-state index contributed by atoms with van der Waals surface area (Å²) >= 11 is 0. The monoisotopic (exact) mass is 262 g/mol. The molecule has 2 nitrogen and oxygen atoms in total. The van der Waals surface area contributed by atoms with E-state index in [1.165, 1.54) is 23.1 Å². The molecule has 0 radical (unpaired) electrons. The Hall–Kier alpha value is -0.860. The van der Waals surface area contributed by atoms with Crippen molar-refractivity contribution in [1.82, 2.24) is 10.2 Å². The van der Waals surface area contributed by atoms with Gasteiger partial charge in [-0.05, 0) is 77.9 Å². The summed E-state index contributed by atoms with van der Waals surface area (Å²) in [5.74, 6) is 0. The first-order chi connectivity index (χ1) is 8.91. The molecule has 0 spiro atoms. The number of benzene rings is 1. The Morgan fingerprint density at radius 2 is 1.79 bits per heavy atom. The summed E-state index contributed by atoms with van der Waals surface area (Å²) in [6, 6.07) is 7.82. The third-order valence-electron chi connectivity index (χ3n) is 4.05. The molecule has 0 heterocycles. The fraction of sp³-hybridized carbons (Fsp3) is 0.647. The van der Waals surface area contributed by atoms with Crippen LogP contribution < -0.4 is 5.32 Å². The molecule has 108 valence electrons. The molecule has 1 aromatic carbocycles. The summed E-state index contributed by atoms with van der Waals surface area (Å²) in [4.78, 5) is 2.39. The Bertz CT molecular complexity index is 385. The number of aryl methyl sites for hydroxylation is 2. The first-order valence-electron chi connectivity index (χ1n) is 7.42. The van der Waals surface area contributed by atoms with E-state index < -0.39 is 0 Å². The van der Waals surface area contributed by atoms with Crippen molar-refractivity contribution < 1.29 is 0 Å². The van der Waals surface area contributed by atoms with Gasteiger partial charge in [-0.2, -0.15) is 0 Å². The molecule has 0 fully saturated rings. The molecule has 0 bridgehead atoms. The largest absolute Gasteiger partial charge is 0.310 e. The molecule has 1 atom stereocenters. The van der Waals surface area contributed by atoms with Gasteiger partial charge in [0.05, 0.1) is 0 Å².